The summed E-state index contributed by atoms with van der Waals surface area (Å²) in [6.45, 7) is 0. The number of rotatable bonds is 2. The molecule has 15 heavy (non-hydrogen) atoms. The van der Waals surface area contributed by atoms with Gasteiger partial charge in [0.2, 0.25) is 5.89 Å². The van der Waals surface area contributed by atoms with Gasteiger partial charge in [-0.25, -0.2) is 19.7 Å². The second-order valence-corrected chi connectivity index (χ2v) is 2.66. The van der Waals surface area contributed by atoms with Gasteiger partial charge in [-0.1, -0.05) is 0 Å². The lowest BCUT2D eigenvalue weighted by Crippen LogP contribution is -2.00. The van der Waals surface area contributed by atoms with Gasteiger partial charge in [-0.05, 0) is 0 Å². The van der Waals surface area contributed by atoms with Crippen LogP contribution in [0.15, 0.2) is 29.4 Å². The molecule has 2 heterocycles. The zero-order valence-electron chi connectivity index (χ0n) is 7.88. The van der Waals surface area contributed by atoms with Gasteiger partial charge in [-0.3, -0.25) is 0 Å². The SMILES string of the molecule is COC(=O)c1coc(-c2cncnc2)n1. The highest BCUT2D eigenvalue weighted by molar-refractivity contribution is 5.87. The summed E-state index contributed by atoms with van der Waals surface area (Å²) in [6.07, 6.45) is 5.71. The third-order valence-electron chi connectivity index (χ3n) is 1.71. The molecule has 0 aliphatic rings. The Morgan fingerprint density at radius 2 is 2.13 bits per heavy atom. The topological polar surface area (TPSA) is 78.1 Å². The molecule has 0 aliphatic heterocycles. The number of oxazole rings is 1. The normalized spacial score (nSPS) is 9.93. The van der Waals surface area contributed by atoms with E-state index in [1.807, 2.05) is 0 Å². The van der Waals surface area contributed by atoms with E-state index in [0.717, 1.165) is 0 Å². The molecule has 6 heteroatoms. The van der Waals surface area contributed by atoms with Gasteiger partial charge in [-0.15, -0.1) is 0 Å². The second kappa shape index (κ2) is 3.87. The van der Waals surface area contributed by atoms with Gasteiger partial charge in [0.15, 0.2) is 5.69 Å². The van der Waals surface area contributed by atoms with E-state index in [-0.39, 0.29) is 11.6 Å². The first-order valence-corrected chi connectivity index (χ1v) is 4.10. The summed E-state index contributed by atoms with van der Waals surface area (Å²) in [6, 6.07) is 0. The number of methoxy groups -OCH3 is 1. The van der Waals surface area contributed by atoms with E-state index in [1.54, 1.807) is 12.4 Å². The van der Waals surface area contributed by atoms with Crippen LogP contribution in [0.1, 0.15) is 10.5 Å². The van der Waals surface area contributed by atoms with Crippen LogP contribution in [-0.2, 0) is 4.74 Å². The quantitative estimate of drug-likeness (QED) is 0.678. The number of ether oxygens (including phenoxy) is 1. The minimum atomic E-state index is -0.540. The highest BCUT2D eigenvalue weighted by atomic mass is 16.5. The molecule has 0 radical (unpaired) electrons. The average molecular weight is 205 g/mol. The molecule has 0 aromatic carbocycles. The Balaban J connectivity index is 2.32. The molecule has 0 saturated carbocycles. The van der Waals surface area contributed by atoms with Gasteiger partial charge in [0.1, 0.15) is 12.6 Å². The highest BCUT2D eigenvalue weighted by Gasteiger charge is 2.13. The molecule has 0 N–H and O–H groups in total. The van der Waals surface area contributed by atoms with E-state index in [4.69, 9.17) is 4.42 Å². The molecule has 2 rings (SSSR count). The maximum absolute atomic E-state index is 11.1. The number of carbonyl (C=O) groups excluding carboxylic acids is 1. The fraction of sp³-hybridized carbons (Fsp3) is 0.111. The average Bonchev–Trinajstić information content (AvgIpc) is 2.78. The highest BCUT2D eigenvalue weighted by Crippen LogP contribution is 2.16. The number of nitrogens with zero attached hydrogens (tertiary/aromatic N) is 3. The van der Waals surface area contributed by atoms with Crippen LogP contribution in [-0.4, -0.2) is 28.0 Å². The lowest BCUT2D eigenvalue weighted by Gasteiger charge is -1.91. The first kappa shape index (κ1) is 9.32. The third-order valence-corrected chi connectivity index (χ3v) is 1.71. The van der Waals surface area contributed by atoms with Crippen LogP contribution < -0.4 is 0 Å². The number of carbonyl (C=O) groups is 1. The lowest BCUT2D eigenvalue weighted by atomic mass is 10.3. The van der Waals surface area contributed by atoms with Crippen molar-refractivity contribution in [3.63, 3.8) is 0 Å². The van der Waals surface area contributed by atoms with Crippen LogP contribution in [0.2, 0.25) is 0 Å². The number of aromatic nitrogens is 3. The first-order valence-electron chi connectivity index (χ1n) is 4.10. The van der Waals surface area contributed by atoms with E-state index in [1.165, 1.54) is 19.7 Å². The molecule has 2 aromatic heterocycles. The Bertz CT molecular complexity index is 466. The smallest absolute Gasteiger partial charge is 0.360 e. The zero-order valence-corrected chi connectivity index (χ0v) is 7.88. The maximum Gasteiger partial charge on any atom is 0.360 e. The van der Waals surface area contributed by atoms with Gasteiger partial charge >= 0.3 is 5.97 Å². The van der Waals surface area contributed by atoms with Crippen LogP contribution in [0.3, 0.4) is 0 Å². The molecule has 0 saturated heterocycles. The summed E-state index contributed by atoms with van der Waals surface area (Å²) in [4.78, 5) is 22.6. The van der Waals surface area contributed by atoms with E-state index < -0.39 is 5.97 Å². The van der Waals surface area contributed by atoms with Gasteiger partial charge in [-0.2, -0.15) is 0 Å². The predicted octanol–water partition coefficient (Wildman–Crippen LogP) is 0.918. The summed E-state index contributed by atoms with van der Waals surface area (Å²) in [5, 5.41) is 0. The largest absolute Gasteiger partial charge is 0.464 e. The summed E-state index contributed by atoms with van der Waals surface area (Å²) >= 11 is 0. The standard InChI is InChI=1S/C9H7N3O3/c1-14-9(13)7-4-15-8(12-7)6-2-10-5-11-3-6/h2-5H,1H3. The predicted molar refractivity (Wildman–Crippen MR) is 48.9 cm³/mol. The molecule has 0 atom stereocenters. The molecular formula is C9H7N3O3. The molecular weight excluding hydrogens is 198 g/mol. The van der Waals surface area contributed by atoms with Crippen LogP contribution in [0.25, 0.3) is 11.5 Å². The summed E-state index contributed by atoms with van der Waals surface area (Å²) in [7, 11) is 1.28. The third kappa shape index (κ3) is 1.83. The van der Waals surface area contributed by atoms with Crippen molar-refractivity contribution in [3.8, 4) is 11.5 Å². The fourth-order valence-electron chi connectivity index (χ4n) is 1.01. The van der Waals surface area contributed by atoms with Crippen molar-refractivity contribution >= 4 is 5.97 Å². The van der Waals surface area contributed by atoms with E-state index in [0.29, 0.717) is 5.56 Å². The molecule has 0 unspecified atom stereocenters. The molecule has 0 spiro atoms. The summed E-state index contributed by atoms with van der Waals surface area (Å²) in [5.74, 6) is -0.252. The summed E-state index contributed by atoms with van der Waals surface area (Å²) < 4.78 is 9.57. The number of esters is 1. The van der Waals surface area contributed by atoms with Crippen LogP contribution >= 0.6 is 0 Å². The number of hydrogen-bond donors (Lipinski definition) is 0. The zero-order chi connectivity index (χ0) is 10.7. The Kier molecular flexibility index (Phi) is 2.40. The van der Waals surface area contributed by atoms with Crippen molar-refractivity contribution in [2.24, 2.45) is 0 Å². The second-order valence-electron chi connectivity index (χ2n) is 2.66. The van der Waals surface area contributed by atoms with Crippen molar-refractivity contribution in [1.82, 2.24) is 15.0 Å². The van der Waals surface area contributed by atoms with Crippen LogP contribution in [0.4, 0.5) is 0 Å². The van der Waals surface area contributed by atoms with E-state index in [9.17, 15) is 4.79 Å². The van der Waals surface area contributed by atoms with Crippen molar-refractivity contribution in [2.75, 3.05) is 7.11 Å². The fourth-order valence-corrected chi connectivity index (χ4v) is 1.01. The molecule has 0 aliphatic carbocycles. The molecule has 76 valence electrons. The Morgan fingerprint density at radius 1 is 1.40 bits per heavy atom. The van der Waals surface area contributed by atoms with Crippen molar-refractivity contribution in [2.45, 2.75) is 0 Å². The molecule has 0 bridgehead atoms. The van der Waals surface area contributed by atoms with Crippen molar-refractivity contribution in [1.29, 1.82) is 0 Å². The van der Waals surface area contributed by atoms with Gasteiger partial charge in [0, 0.05) is 12.4 Å². The molecule has 6 nitrogen and oxygen atoms in total. The summed E-state index contributed by atoms with van der Waals surface area (Å²) in [5.41, 5.74) is 0.726. The molecule has 0 amide bonds. The Labute approximate surface area is 84.9 Å². The van der Waals surface area contributed by atoms with E-state index in [2.05, 4.69) is 19.7 Å². The Morgan fingerprint density at radius 3 is 2.80 bits per heavy atom. The molecule has 0 fully saturated rings. The molecule has 2 aromatic rings. The van der Waals surface area contributed by atoms with Gasteiger partial charge in [0.05, 0.1) is 12.7 Å². The van der Waals surface area contributed by atoms with Gasteiger partial charge < -0.3 is 9.15 Å². The monoisotopic (exact) mass is 205 g/mol. The van der Waals surface area contributed by atoms with Crippen LogP contribution in [0, 0.1) is 0 Å². The van der Waals surface area contributed by atoms with Crippen LogP contribution in [0.5, 0.6) is 0 Å². The van der Waals surface area contributed by atoms with E-state index >= 15 is 0 Å². The first-order chi connectivity index (χ1) is 7.31. The van der Waals surface area contributed by atoms with Gasteiger partial charge in [0.25, 0.3) is 0 Å². The Hall–Kier alpha value is -2.24. The minimum absolute atomic E-state index is 0.122. The minimum Gasteiger partial charge on any atom is -0.464 e. The lowest BCUT2D eigenvalue weighted by molar-refractivity contribution is 0.0594. The number of hydrogen-bond acceptors (Lipinski definition) is 6. The van der Waals surface area contributed by atoms with Crippen molar-refractivity contribution in [3.05, 3.63) is 30.7 Å². The maximum atomic E-state index is 11.1. The van der Waals surface area contributed by atoms with Crippen molar-refractivity contribution < 1.29 is 13.9 Å².